The van der Waals surface area contributed by atoms with Crippen molar-refractivity contribution < 1.29 is 5.11 Å². The summed E-state index contributed by atoms with van der Waals surface area (Å²) in [5, 5.41) is 9.73. The van der Waals surface area contributed by atoms with Crippen LogP contribution in [-0.4, -0.2) is 29.6 Å². The number of likely N-dealkylation sites (tertiary alicyclic amines) is 1. The second-order valence-corrected chi connectivity index (χ2v) is 6.63. The number of hydrogen-bond donors (Lipinski definition) is 1. The first-order chi connectivity index (χ1) is 9.56. The molecule has 1 aliphatic heterocycles. The number of aromatic hydroxyl groups is 1. The fraction of sp³-hybridized carbons (Fsp3) is 0.667. The zero-order valence-electron chi connectivity index (χ0n) is 13.6. The summed E-state index contributed by atoms with van der Waals surface area (Å²) < 4.78 is 0. The van der Waals surface area contributed by atoms with Gasteiger partial charge in [0.2, 0.25) is 0 Å². The van der Waals surface area contributed by atoms with Gasteiger partial charge in [-0.2, -0.15) is 0 Å². The highest BCUT2D eigenvalue weighted by atomic mass is 35.5. The molecule has 0 aromatic heterocycles. The Morgan fingerprint density at radius 2 is 2.10 bits per heavy atom. The van der Waals surface area contributed by atoms with Gasteiger partial charge in [-0.15, -0.1) is 12.4 Å². The Morgan fingerprint density at radius 3 is 2.71 bits per heavy atom. The molecule has 3 heteroatoms. The molecule has 2 atom stereocenters. The van der Waals surface area contributed by atoms with Gasteiger partial charge in [0, 0.05) is 6.54 Å². The molecule has 1 N–H and O–H groups in total. The number of hydrogen-bond acceptors (Lipinski definition) is 2. The van der Waals surface area contributed by atoms with Gasteiger partial charge < -0.3 is 10.0 Å². The van der Waals surface area contributed by atoms with Crippen LogP contribution >= 0.6 is 12.4 Å². The van der Waals surface area contributed by atoms with Crippen LogP contribution < -0.4 is 0 Å². The van der Waals surface area contributed by atoms with Crippen LogP contribution in [0, 0.1) is 5.92 Å². The standard InChI is InChI=1S/C18H29NO.ClH/c1-4-5-6-11-19-12-10-18(3,15(2)14-19)16-8-7-9-17(20)13-16;/h7-9,13,15,20H,4-6,10-12,14H2,1-3H3;1H. The fourth-order valence-corrected chi connectivity index (χ4v) is 3.40. The van der Waals surface area contributed by atoms with E-state index in [1.807, 2.05) is 12.1 Å². The lowest BCUT2D eigenvalue weighted by atomic mass is 9.68. The van der Waals surface area contributed by atoms with Crippen LogP contribution in [0.25, 0.3) is 0 Å². The van der Waals surface area contributed by atoms with Gasteiger partial charge in [-0.25, -0.2) is 0 Å². The van der Waals surface area contributed by atoms with Gasteiger partial charge in [0.25, 0.3) is 0 Å². The predicted octanol–water partition coefficient (Wildman–Crippen LogP) is 4.60. The number of nitrogens with zero attached hydrogens (tertiary/aromatic N) is 1. The Balaban J connectivity index is 0.00000220. The summed E-state index contributed by atoms with van der Waals surface area (Å²) in [6.07, 6.45) is 5.15. The first-order valence-corrected chi connectivity index (χ1v) is 8.08. The quantitative estimate of drug-likeness (QED) is 0.803. The van der Waals surface area contributed by atoms with Gasteiger partial charge in [-0.3, -0.25) is 0 Å². The van der Waals surface area contributed by atoms with Crippen molar-refractivity contribution in [3.8, 4) is 5.75 Å². The highest BCUT2D eigenvalue weighted by Gasteiger charge is 2.37. The fourth-order valence-electron chi connectivity index (χ4n) is 3.40. The van der Waals surface area contributed by atoms with Gasteiger partial charge >= 0.3 is 0 Å². The summed E-state index contributed by atoms with van der Waals surface area (Å²) in [4.78, 5) is 2.62. The molecular formula is C18H30ClNO. The van der Waals surface area contributed by atoms with Crippen molar-refractivity contribution in [2.45, 2.75) is 51.9 Å². The lowest BCUT2D eigenvalue weighted by Gasteiger charge is -2.45. The summed E-state index contributed by atoms with van der Waals surface area (Å²) in [5.74, 6) is 1.01. The minimum absolute atomic E-state index is 0. The molecule has 21 heavy (non-hydrogen) atoms. The Bertz CT molecular complexity index is 437. The van der Waals surface area contributed by atoms with E-state index in [2.05, 4.69) is 31.7 Å². The molecule has 0 saturated carbocycles. The highest BCUT2D eigenvalue weighted by molar-refractivity contribution is 5.85. The number of unbranched alkanes of at least 4 members (excludes halogenated alkanes) is 2. The van der Waals surface area contributed by atoms with Gasteiger partial charge in [0.1, 0.15) is 5.75 Å². The third-order valence-corrected chi connectivity index (χ3v) is 5.15. The molecule has 0 spiro atoms. The number of halogens is 1. The number of phenolic OH excluding ortho intramolecular Hbond substituents is 1. The summed E-state index contributed by atoms with van der Waals surface area (Å²) >= 11 is 0. The van der Waals surface area contributed by atoms with E-state index in [1.54, 1.807) is 6.07 Å². The second-order valence-electron chi connectivity index (χ2n) is 6.63. The Morgan fingerprint density at radius 1 is 1.33 bits per heavy atom. The molecule has 0 amide bonds. The maximum Gasteiger partial charge on any atom is 0.115 e. The van der Waals surface area contributed by atoms with Crippen molar-refractivity contribution >= 4 is 12.4 Å². The van der Waals surface area contributed by atoms with Crippen molar-refractivity contribution in [2.24, 2.45) is 5.92 Å². The van der Waals surface area contributed by atoms with Crippen LogP contribution in [0.2, 0.25) is 0 Å². The van der Waals surface area contributed by atoms with Crippen molar-refractivity contribution in [3.63, 3.8) is 0 Å². The van der Waals surface area contributed by atoms with E-state index in [4.69, 9.17) is 0 Å². The van der Waals surface area contributed by atoms with Gasteiger partial charge in [0.15, 0.2) is 0 Å². The molecule has 1 aromatic rings. The lowest BCUT2D eigenvalue weighted by Crippen LogP contribution is -2.47. The average Bonchev–Trinajstić information content (AvgIpc) is 2.43. The summed E-state index contributed by atoms with van der Waals surface area (Å²) in [6, 6.07) is 7.85. The van der Waals surface area contributed by atoms with E-state index in [0.717, 1.165) is 0 Å². The maximum atomic E-state index is 9.73. The third-order valence-electron chi connectivity index (χ3n) is 5.15. The number of benzene rings is 1. The van der Waals surface area contributed by atoms with Crippen molar-refractivity contribution in [3.05, 3.63) is 29.8 Å². The first-order valence-electron chi connectivity index (χ1n) is 8.08. The molecular weight excluding hydrogens is 282 g/mol. The number of phenols is 1. The molecule has 1 fully saturated rings. The van der Waals surface area contributed by atoms with Crippen molar-refractivity contribution in [1.82, 2.24) is 4.90 Å². The molecule has 2 nitrogen and oxygen atoms in total. The highest BCUT2D eigenvalue weighted by Crippen LogP contribution is 2.40. The Labute approximate surface area is 136 Å². The van der Waals surface area contributed by atoms with Gasteiger partial charge in [-0.1, -0.05) is 45.7 Å². The van der Waals surface area contributed by atoms with Crippen LogP contribution in [0.4, 0.5) is 0 Å². The topological polar surface area (TPSA) is 23.5 Å². The van der Waals surface area contributed by atoms with Crippen LogP contribution in [-0.2, 0) is 5.41 Å². The van der Waals surface area contributed by atoms with E-state index >= 15 is 0 Å². The molecule has 120 valence electrons. The van der Waals surface area contributed by atoms with E-state index < -0.39 is 0 Å². The van der Waals surface area contributed by atoms with E-state index in [1.165, 1.54) is 50.9 Å². The van der Waals surface area contributed by atoms with Crippen LogP contribution in [0.5, 0.6) is 5.75 Å². The maximum absolute atomic E-state index is 9.73. The zero-order valence-corrected chi connectivity index (χ0v) is 14.5. The third kappa shape index (κ3) is 4.37. The van der Waals surface area contributed by atoms with Crippen LogP contribution in [0.1, 0.15) is 52.0 Å². The van der Waals surface area contributed by atoms with Gasteiger partial charge in [-0.05, 0) is 55.0 Å². The molecule has 1 aromatic carbocycles. The summed E-state index contributed by atoms with van der Waals surface area (Å²) in [7, 11) is 0. The lowest BCUT2D eigenvalue weighted by molar-refractivity contribution is 0.109. The zero-order chi connectivity index (χ0) is 14.6. The largest absolute Gasteiger partial charge is 0.508 e. The van der Waals surface area contributed by atoms with Crippen molar-refractivity contribution in [2.75, 3.05) is 19.6 Å². The Hall–Kier alpha value is -0.730. The molecule has 1 heterocycles. The Kier molecular flexibility index (Phi) is 7.02. The van der Waals surface area contributed by atoms with Crippen molar-refractivity contribution in [1.29, 1.82) is 0 Å². The van der Waals surface area contributed by atoms with Gasteiger partial charge in [0.05, 0.1) is 0 Å². The van der Waals surface area contributed by atoms with E-state index in [0.29, 0.717) is 11.7 Å². The molecule has 0 bridgehead atoms. The molecule has 2 unspecified atom stereocenters. The molecule has 0 aliphatic carbocycles. The summed E-state index contributed by atoms with van der Waals surface area (Å²) in [6.45, 7) is 10.6. The van der Waals surface area contributed by atoms with Crippen LogP contribution in [0.15, 0.2) is 24.3 Å². The molecule has 1 saturated heterocycles. The first kappa shape index (κ1) is 18.3. The smallest absolute Gasteiger partial charge is 0.115 e. The molecule has 2 rings (SSSR count). The monoisotopic (exact) mass is 311 g/mol. The SMILES string of the molecule is CCCCCN1CCC(C)(c2cccc(O)c2)C(C)C1.Cl. The minimum atomic E-state index is 0. The predicted molar refractivity (Wildman–Crippen MR) is 92.5 cm³/mol. The normalized spacial score (nSPS) is 26.3. The van der Waals surface area contributed by atoms with E-state index in [9.17, 15) is 5.11 Å². The summed E-state index contributed by atoms with van der Waals surface area (Å²) in [5.41, 5.74) is 1.48. The van der Waals surface area contributed by atoms with Crippen LogP contribution in [0.3, 0.4) is 0 Å². The average molecular weight is 312 g/mol. The molecule has 0 radical (unpaired) electrons. The second kappa shape index (κ2) is 8.05. The number of rotatable bonds is 5. The molecule has 1 aliphatic rings. The van der Waals surface area contributed by atoms with E-state index in [-0.39, 0.29) is 17.8 Å². The minimum Gasteiger partial charge on any atom is -0.508 e. The number of piperidine rings is 1.